The van der Waals surface area contributed by atoms with E-state index in [1.807, 2.05) is 0 Å². The maximum absolute atomic E-state index is 12.4. The summed E-state index contributed by atoms with van der Waals surface area (Å²) in [6.45, 7) is 0. The van der Waals surface area contributed by atoms with E-state index in [0.29, 0.717) is 25.4 Å². The fraction of sp³-hybridized carbons (Fsp3) is 0.148. The van der Waals surface area contributed by atoms with Gasteiger partial charge < -0.3 is 10.6 Å². The fourth-order valence-electron chi connectivity index (χ4n) is 8.42. The maximum atomic E-state index is 12.4. The number of carbonyl (C=O) groups excluding carboxylic acids is 2. The van der Waals surface area contributed by atoms with E-state index < -0.39 is 15.8 Å². The lowest BCUT2D eigenvalue weighted by Gasteiger charge is -2.28. The van der Waals surface area contributed by atoms with Gasteiger partial charge in [0.15, 0.2) is 0 Å². The molecule has 0 aromatic heterocycles. The Morgan fingerprint density at radius 3 is 1.08 bits per heavy atom. The molecule has 0 saturated heterocycles. The molecular weight excluding hydrogens is 833 g/mol. The van der Waals surface area contributed by atoms with Gasteiger partial charge in [-0.25, -0.2) is 0 Å². The van der Waals surface area contributed by atoms with E-state index in [4.69, 9.17) is 0 Å². The molecule has 2 N–H and O–H groups in total. The topological polar surface area (TPSA) is 58.2 Å². The van der Waals surface area contributed by atoms with Crippen LogP contribution in [-0.4, -0.2) is 24.4 Å². The molecule has 8 aromatic rings. The van der Waals surface area contributed by atoms with Crippen molar-refractivity contribution in [2.24, 2.45) is 0 Å². The van der Waals surface area contributed by atoms with E-state index in [0.717, 1.165) is 25.7 Å². The minimum Gasteiger partial charge on any atom is -0.353 e. The zero-order valence-electron chi connectivity index (χ0n) is 34.8. The summed E-state index contributed by atoms with van der Waals surface area (Å²) in [5.74, 6) is 0.174. The number of aryl methyl sites for hydroxylation is 2. The van der Waals surface area contributed by atoms with E-state index in [2.05, 4.69) is 211 Å². The first-order chi connectivity index (χ1) is 30.5. The predicted octanol–water partition coefficient (Wildman–Crippen LogP) is 9.72. The first-order valence-corrected chi connectivity index (χ1v) is 25.7. The molecule has 0 spiro atoms. The molecule has 0 radical (unpaired) electrons. The Kier molecular flexibility index (Phi) is 15.0. The molecule has 0 aliphatic heterocycles. The minimum atomic E-state index is -0.989. The second kappa shape index (κ2) is 21.3. The summed E-state index contributed by atoms with van der Waals surface area (Å²) in [4.78, 5) is 24.7. The van der Waals surface area contributed by atoms with Crippen molar-refractivity contribution in [1.29, 1.82) is 0 Å². The lowest BCUT2D eigenvalue weighted by molar-refractivity contribution is -0.121. The quantitative estimate of drug-likeness (QED) is 0.0896. The van der Waals surface area contributed by atoms with Gasteiger partial charge in [-0.1, -0.05) is 182 Å². The van der Waals surface area contributed by atoms with Gasteiger partial charge in [-0.3, -0.25) is 9.59 Å². The van der Waals surface area contributed by atoms with Crippen LogP contribution in [0.4, 0.5) is 0 Å². The zero-order chi connectivity index (χ0) is 42.7. The van der Waals surface area contributed by atoms with Gasteiger partial charge in [0.05, 0.1) is 0 Å². The Hall–Kier alpha value is -5.06. The Labute approximate surface area is 373 Å². The Bertz CT molecular complexity index is 2500. The minimum absolute atomic E-state index is 0.0871. The standard InChI is InChI=1S/C54H52N2O2P4/c57-51(55-37-59)25-13-15-39-27-31-47-41(35-39)29-33-49(61(43-17-5-1-6-18-43)44-19-7-2-8-20-44)53(47)54-48-32-28-40(16-14-26-52(58)56-38-60)36-42(48)30-34-50(54)62(45-21-9-3-10-22-45)46-23-11-4-12-24-46/h1-12,17-24,27-36H,13-16,25-26,37-38,59-60H2,(H,55,57)(H,56,58). The van der Waals surface area contributed by atoms with Crippen LogP contribution in [0.5, 0.6) is 0 Å². The van der Waals surface area contributed by atoms with Gasteiger partial charge >= 0.3 is 0 Å². The number of fused-ring (bicyclic) bond motifs is 2. The molecule has 0 fully saturated rings. The molecule has 8 aromatic carbocycles. The van der Waals surface area contributed by atoms with Crippen molar-refractivity contribution in [2.75, 3.05) is 12.6 Å². The van der Waals surface area contributed by atoms with Crippen LogP contribution in [-0.2, 0) is 22.4 Å². The highest BCUT2D eigenvalue weighted by Crippen LogP contribution is 2.46. The van der Waals surface area contributed by atoms with Crippen LogP contribution in [0.3, 0.4) is 0 Å². The van der Waals surface area contributed by atoms with Crippen LogP contribution in [0.25, 0.3) is 32.7 Å². The molecule has 2 amide bonds. The molecule has 0 aliphatic rings. The van der Waals surface area contributed by atoms with Gasteiger partial charge in [0, 0.05) is 25.4 Å². The van der Waals surface area contributed by atoms with E-state index in [1.54, 1.807) is 0 Å². The largest absolute Gasteiger partial charge is 0.353 e. The number of benzene rings is 8. The van der Waals surface area contributed by atoms with Gasteiger partial charge in [-0.05, 0) is 117 Å². The number of carbonyl (C=O) groups is 2. The SMILES string of the molecule is O=C(CCCc1ccc2c(-c3c(P(c4ccccc4)c4ccccc4)ccc4cc(CCCC(=O)NCP)ccc34)c(P(c3ccccc3)c3ccccc3)ccc2c1)NCP. The van der Waals surface area contributed by atoms with E-state index in [1.165, 1.54) is 75.6 Å². The molecule has 0 heterocycles. The van der Waals surface area contributed by atoms with Crippen molar-refractivity contribution in [3.05, 3.63) is 193 Å². The molecule has 2 atom stereocenters. The number of nitrogens with one attached hydrogen (secondary N) is 2. The molecule has 62 heavy (non-hydrogen) atoms. The van der Waals surface area contributed by atoms with E-state index in [-0.39, 0.29) is 11.8 Å². The second-order valence-electron chi connectivity index (χ2n) is 15.4. The van der Waals surface area contributed by atoms with Crippen LogP contribution < -0.4 is 42.5 Å². The molecule has 8 rings (SSSR count). The molecule has 0 aliphatic carbocycles. The Balaban J connectivity index is 1.41. The van der Waals surface area contributed by atoms with E-state index >= 15 is 0 Å². The second-order valence-corrected chi connectivity index (χ2v) is 20.5. The predicted molar refractivity (Wildman–Crippen MR) is 276 cm³/mol. The number of rotatable bonds is 17. The highest BCUT2D eigenvalue weighted by molar-refractivity contribution is 7.80. The maximum Gasteiger partial charge on any atom is 0.220 e. The van der Waals surface area contributed by atoms with Crippen LogP contribution in [0.1, 0.15) is 36.8 Å². The van der Waals surface area contributed by atoms with Gasteiger partial charge in [-0.15, -0.1) is 18.5 Å². The van der Waals surface area contributed by atoms with Gasteiger partial charge in [0.1, 0.15) is 0 Å². The first kappa shape index (κ1) is 43.6. The molecular formula is C54H52N2O2P4. The third-order valence-corrected chi connectivity index (χ3v) is 16.6. The Morgan fingerprint density at radius 1 is 0.419 bits per heavy atom. The average molecular weight is 885 g/mol. The van der Waals surface area contributed by atoms with Crippen molar-refractivity contribution in [1.82, 2.24) is 10.6 Å². The summed E-state index contributed by atoms with van der Waals surface area (Å²) < 4.78 is 0. The van der Waals surface area contributed by atoms with Gasteiger partial charge in [0.25, 0.3) is 0 Å². The summed E-state index contributed by atoms with van der Waals surface area (Å²) in [7, 11) is 3.16. The summed E-state index contributed by atoms with van der Waals surface area (Å²) in [6, 6.07) is 67.5. The monoisotopic (exact) mass is 884 g/mol. The third kappa shape index (κ3) is 10.2. The summed E-state index contributed by atoms with van der Waals surface area (Å²) in [6.07, 6.45) is 5.38. The van der Waals surface area contributed by atoms with Gasteiger partial charge in [-0.2, -0.15) is 0 Å². The number of hydrogen-bond acceptors (Lipinski definition) is 2. The molecule has 2 unspecified atom stereocenters. The molecule has 0 bridgehead atoms. The number of hydrogen-bond donors (Lipinski definition) is 2. The lowest BCUT2D eigenvalue weighted by Crippen LogP contribution is -2.26. The molecule has 310 valence electrons. The fourth-order valence-corrected chi connectivity index (χ4v) is 13.8. The van der Waals surface area contributed by atoms with Crippen molar-refractivity contribution in [3.63, 3.8) is 0 Å². The van der Waals surface area contributed by atoms with Crippen molar-refractivity contribution < 1.29 is 9.59 Å². The highest BCUT2D eigenvalue weighted by Gasteiger charge is 2.28. The average Bonchev–Trinajstić information content (AvgIpc) is 3.31. The van der Waals surface area contributed by atoms with Gasteiger partial charge in [0.2, 0.25) is 11.8 Å². The van der Waals surface area contributed by atoms with Crippen molar-refractivity contribution >= 4 is 99.5 Å². The van der Waals surface area contributed by atoms with Crippen molar-refractivity contribution in [3.8, 4) is 11.1 Å². The lowest BCUT2D eigenvalue weighted by atomic mass is 9.91. The third-order valence-electron chi connectivity index (χ3n) is 11.3. The molecule has 8 heteroatoms. The van der Waals surface area contributed by atoms with Crippen LogP contribution in [0.2, 0.25) is 0 Å². The summed E-state index contributed by atoms with van der Waals surface area (Å²) in [5, 5.41) is 18.5. The smallest absolute Gasteiger partial charge is 0.220 e. The van der Waals surface area contributed by atoms with Crippen molar-refractivity contribution in [2.45, 2.75) is 38.5 Å². The normalized spacial score (nSPS) is 11.4. The van der Waals surface area contributed by atoms with Crippen LogP contribution in [0, 0.1) is 0 Å². The molecule has 0 saturated carbocycles. The van der Waals surface area contributed by atoms with Crippen LogP contribution >= 0.6 is 34.3 Å². The molecule has 4 nitrogen and oxygen atoms in total. The summed E-state index contributed by atoms with van der Waals surface area (Å²) >= 11 is 0. The van der Waals surface area contributed by atoms with Crippen LogP contribution in [0.15, 0.2) is 182 Å². The Morgan fingerprint density at radius 2 is 0.758 bits per heavy atom. The highest BCUT2D eigenvalue weighted by atomic mass is 31.1. The number of amides is 2. The zero-order valence-corrected chi connectivity index (χ0v) is 38.9. The first-order valence-electron chi connectivity index (χ1n) is 21.4. The van der Waals surface area contributed by atoms with E-state index in [9.17, 15) is 9.59 Å². The summed E-state index contributed by atoms with van der Waals surface area (Å²) in [5.41, 5.74) is 5.01.